The third-order valence-electron chi connectivity index (χ3n) is 4.99. The molecule has 0 radical (unpaired) electrons. The minimum Gasteiger partial charge on any atom is -0.367 e. The summed E-state index contributed by atoms with van der Waals surface area (Å²) in [5.74, 6) is -0.641. The van der Waals surface area contributed by atoms with Crippen molar-refractivity contribution in [2.75, 3.05) is 19.7 Å². The Morgan fingerprint density at radius 2 is 1.70 bits per heavy atom. The minimum atomic E-state index is -1.18. The molecule has 0 saturated carbocycles. The molecule has 142 valence electrons. The summed E-state index contributed by atoms with van der Waals surface area (Å²) in [6.45, 7) is 4.69. The highest BCUT2D eigenvalue weighted by Crippen LogP contribution is 2.26. The van der Waals surface area contributed by atoms with Crippen molar-refractivity contribution in [2.24, 2.45) is 11.7 Å². The highest BCUT2D eigenvalue weighted by atomic mass is 16.5. The smallest absolute Gasteiger partial charge is 0.251 e. The Morgan fingerprint density at radius 1 is 1.07 bits per heavy atom. The Bertz CT molecular complexity index is 802. The molecule has 5 nitrogen and oxygen atoms in total. The first-order chi connectivity index (χ1) is 12.9. The second-order valence-electron chi connectivity index (χ2n) is 7.36. The van der Waals surface area contributed by atoms with Crippen LogP contribution in [-0.2, 0) is 20.7 Å². The van der Waals surface area contributed by atoms with Gasteiger partial charge in [-0.2, -0.15) is 0 Å². The van der Waals surface area contributed by atoms with Gasteiger partial charge in [0.05, 0.1) is 13.2 Å². The van der Waals surface area contributed by atoms with E-state index in [1.54, 1.807) is 4.90 Å². The van der Waals surface area contributed by atoms with E-state index < -0.39 is 11.5 Å². The molecule has 27 heavy (non-hydrogen) atoms. The first-order valence-electron chi connectivity index (χ1n) is 9.28. The maximum Gasteiger partial charge on any atom is 0.251 e. The molecule has 1 saturated heterocycles. The van der Waals surface area contributed by atoms with Crippen molar-refractivity contribution < 1.29 is 14.3 Å². The second-order valence-corrected chi connectivity index (χ2v) is 7.36. The van der Waals surface area contributed by atoms with E-state index in [2.05, 4.69) is 12.1 Å². The first kappa shape index (κ1) is 19.1. The van der Waals surface area contributed by atoms with E-state index >= 15 is 0 Å². The van der Waals surface area contributed by atoms with E-state index in [9.17, 15) is 9.59 Å². The van der Waals surface area contributed by atoms with Crippen molar-refractivity contribution in [2.45, 2.75) is 25.9 Å². The van der Waals surface area contributed by atoms with E-state index in [1.807, 2.05) is 56.3 Å². The lowest BCUT2D eigenvalue weighted by molar-refractivity contribution is -0.165. The molecule has 1 aliphatic rings. The molecule has 2 aromatic carbocycles. The van der Waals surface area contributed by atoms with Gasteiger partial charge in [0, 0.05) is 18.9 Å². The second kappa shape index (κ2) is 7.92. The Hall–Kier alpha value is -2.66. The van der Waals surface area contributed by atoms with Gasteiger partial charge in [-0.05, 0) is 16.7 Å². The number of carbonyl (C=O) groups excluding carboxylic acids is 2. The van der Waals surface area contributed by atoms with Crippen molar-refractivity contribution in [3.8, 4) is 11.1 Å². The highest BCUT2D eigenvalue weighted by Gasteiger charge is 2.44. The molecule has 1 unspecified atom stereocenters. The fourth-order valence-electron chi connectivity index (χ4n) is 3.46. The quantitative estimate of drug-likeness (QED) is 0.884. The third-order valence-corrected chi connectivity index (χ3v) is 4.99. The van der Waals surface area contributed by atoms with Gasteiger partial charge in [-0.15, -0.1) is 0 Å². The van der Waals surface area contributed by atoms with E-state index in [1.165, 1.54) is 0 Å². The average molecular weight is 366 g/mol. The largest absolute Gasteiger partial charge is 0.367 e. The summed E-state index contributed by atoms with van der Waals surface area (Å²) in [5.41, 5.74) is 7.72. The van der Waals surface area contributed by atoms with Gasteiger partial charge in [0.15, 0.2) is 5.60 Å². The number of hydrogen-bond acceptors (Lipinski definition) is 3. The summed E-state index contributed by atoms with van der Waals surface area (Å²) < 4.78 is 5.84. The molecule has 3 rings (SSSR count). The van der Waals surface area contributed by atoms with Gasteiger partial charge in [-0.25, -0.2) is 0 Å². The number of ether oxygens (including phenoxy) is 1. The molecule has 2 amide bonds. The first-order valence-corrected chi connectivity index (χ1v) is 9.28. The zero-order valence-electron chi connectivity index (χ0n) is 15.9. The van der Waals surface area contributed by atoms with Crippen molar-refractivity contribution in [3.05, 3.63) is 60.2 Å². The molecular formula is C22H26N2O3. The zero-order chi connectivity index (χ0) is 19.4. The summed E-state index contributed by atoms with van der Waals surface area (Å²) in [4.78, 5) is 26.3. The molecule has 1 atom stereocenters. The molecule has 1 heterocycles. The topological polar surface area (TPSA) is 72.6 Å². The third kappa shape index (κ3) is 4.19. The van der Waals surface area contributed by atoms with Gasteiger partial charge in [-0.1, -0.05) is 68.4 Å². The summed E-state index contributed by atoms with van der Waals surface area (Å²) in [7, 11) is 0. The van der Waals surface area contributed by atoms with E-state index in [0.717, 1.165) is 16.7 Å². The number of benzene rings is 2. The molecule has 0 aromatic heterocycles. The highest BCUT2D eigenvalue weighted by molar-refractivity contribution is 5.86. The van der Waals surface area contributed by atoms with Crippen LogP contribution in [0.5, 0.6) is 0 Å². The van der Waals surface area contributed by atoms with Crippen molar-refractivity contribution in [1.82, 2.24) is 4.90 Å². The monoisotopic (exact) mass is 366 g/mol. The molecule has 0 bridgehead atoms. The van der Waals surface area contributed by atoms with Crippen LogP contribution in [0.4, 0.5) is 0 Å². The SMILES string of the molecule is CC(C)C(=O)N1CCOC(Cc2ccc(-c3ccccc3)cc2)(C(N)=O)C1. The van der Waals surface area contributed by atoms with Gasteiger partial charge in [0.25, 0.3) is 5.91 Å². The van der Waals surface area contributed by atoms with Crippen LogP contribution in [-0.4, -0.2) is 42.0 Å². The van der Waals surface area contributed by atoms with Crippen LogP contribution < -0.4 is 5.73 Å². The molecular weight excluding hydrogens is 340 g/mol. The number of primary amides is 1. The van der Waals surface area contributed by atoms with Crippen LogP contribution in [0.2, 0.25) is 0 Å². The van der Waals surface area contributed by atoms with Crippen LogP contribution in [0.1, 0.15) is 19.4 Å². The zero-order valence-corrected chi connectivity index (χ0v) is 15.9. The lowest BCUT2D eigenvalue weighted by atomic mass is 9.90. The van der Waals surface area contributed by atoms with Gasteiger partial charge >= 0.3 is 0 Å². The van der Waals surface area contributed by atoms with Crippen LogP contribution in [0.3, 0.4) is 0 Å². The number of amides is 2. The van der Waals surface area contributed by atoms with Crippen molar-refractivity contribution >= 4 is 11.8 Å². The predicted molar refractivity (Wildman–Crippen MR) is 105 cm³/mol. The van der Waals surface area contributed by atoms with E-state index in [4.69, 9.17) is 10.5 Å². The molecule has 1 aliphatic heterocycles. The Morgan fingerprint density at radius 3 is 2.30 bits per heavy atom. The summed E-state index contributed by atoms with van der Waals surface area (Å²) in [5, 5.41) is 0. The number of morpholine rings is 1. The number of carbonyl (C=O) groups is 2. The lowest BCUT2D eigenvalue weighted by Crippen LogP contribution is -2.61. The standard InChI is InChI=1S/C22H26N2O3/c1-16(2)20(25)24-12-13-27-22(15-24,21(23)26)14-17-8-10-19(11-9-17)18-6-4-3-5-7-18/h3-11,16H,12-15H2,1-2H3,(H2,23,26). The minimum absolute atomic E-state index is 0.0170. The van der Waals surface area contributed by atoms with Gasteiger partial charge < -0.3 is 15.4 Å². The van der Waals surface area contributed by atoms with Crippen molar-refractivity contribution in [1.29, 1.82) is 0 Å². The normalized spacial score (nSPS) is 19.9. The lowest BCUT2D eigenvalue weighted by Gasteiger charge is -2.41. The molecule has 0 aliphatic carbocycles. The number of nitrogens with zero attached hydrogens (tertiary/aromatic N) is 1. The van der Waals surface area contributed by atoms with Crippen LogP contribution >= 0.6 is 0 Å². The van der Waals surface area contributed by atoms with Crippen LogP contribution in [0.25, 0.3) is 11.1 Å². The molecule has 0 spiro atoms. The number of nitrogens with two attached hydrogens (primary N) is 1. The fourth-order valence-corrected chi connectivity index (χ4v) is 3.46. The molecule has 2 N–H and O–H groups in total. The van der Waals surface area contributed by atoms with Crippen molar-refractivity contribution in [3.63, 3.8) is 0 Å². The Labute approximate surface area is 160 Å². The van der Waals surface area contributed by atoms with Crippen LogP contribution in [0.15, 0.2) is 54.6 Å². The summed E-state index contributed by atoms with van der Waals surface area (Å²) in [6, 6.07) is 18.1. The maximum atomic E-state index is 12.4. The van der Waals surface area contributed by atoms with Crippen LogP contribution in [0, 0.1) is 5.92 Å². The van der Waals surface area contributed by atoms with Gasteiger partial charge in [0.1, 0.15) is 0 Å². The molecule has 1 fully saturated rings. The van der Waals surface area contributed by atoms with Gasteiger partial charge in [-0.3, -0.25) is 9.59 Å². The predicted octanol–water partition coefficient (Wildman–Crippen LogP) is 2.63. The summed E-state index contributed by atoms with van der Waals surface area (Å²) in [6.07, 6.45) is 0.347. The van der Waals surface area contributed by atoms with E-state index in [0.29, 0.717) is 19.6 Å². The van der Waals surface area contributed by atoms with Gasteiger partial charge in [0.2, 0.25) is 5.91 Å². The number of hydrogen-bond donors (Lipinski definition) is 1. The Kier molecular flexibility index (Phi) is 5.61. The van der Waals surface area contributed by atoms with E-state index in [-0.39, 0.29) is 18.4 Å². The molecule has 5 heteroatoms. The maximum absolute atomic E-state index is 12.4. The Balaban J connectivity index is 1.80. The molecule has 2 aromatic rings. The fraction of sp³-hybridized carbons (Fsp3) is 0.364. The summed E-state index contributed by atoms with van der Waals surface area (Å²) >= 11 is 0. The average Bonchev–Trinajstić information content (AvgIpc) is 2.68. The number of rotatable bonds is 5.